The van der Waals surface area contributed by atoms with Gasteiger partial charge in [0, 0.05) is 5.38 Å². The Morgan fingerprint density at radius 3 is 2.76 bits per heavy atom. The maximum atomic E-state index is 11.5. The second kappa shape index (κ2) is 4.70. The van der Waals surface area contributed by atoms with Gasteiger partial charge in [-0.2, -0.15) is 0 Å². The number of nitrogens with zero attached hydrogens (tertiary/aromatic N) is 1. The highest BCUT2D eigenvalue weighted by Gasteiger charge is 2.37. The Morgan fingerprint density at radius 2 is 2.29 bits per heavy atom. The van der Waals surface area contributed by atoms with E-state index in [0.29, 0.717) is 5.13 Å². The third-order valence-electron chi connectivity index (χ3n) is 2.49. The van der Waals surface area contributed by atoms with Gasteiger partial charge < -0.3 is 10.4 Å². The number of carbonyl (C=O) groups is 2. The summed E-state index contributed by atoms with van der Waals surface area (Å²) < 4.78 is 0. The predicted octanol–water partition coefficient (Wildman–Crippen LogP) is 1.44. The lowest BCUT2D eigenvalue weighted by atomic mass is 10.2. The summed E-state index contributed by atoms with van der Waals surface area (Å²) in [6.07, 6.45) is 1.71. The Morgan fingerprint density at radius 1 is 1.59 bits per heavy atom. The summed E-state index contributed by atoms with van der Waals surface area (Å²) in [6, 6.07) is -1.31. The summed E-state index contributed by atoms with van der Waals surface area (Å²) >= 11 is 1.31. The number of nitrogens with one attached hydrogen (secondary N) is 2. The maximum absolute atomic E-state index is 11.5. The SMILES string of the molecule is Cc1csc(NC(=O)NC(C(=O)O)C2CC2)n1. The van der Waals surface area contributed by atoms with Crippen molar-refractivity contribution in [2.75, 3.05) is 5.32 Å². The lowest BCUT2D eigenvalue weighted by Crippen LogP contribution is -2.44. The van der Waals surface area contributed by atoms with Gasteiger partial charge >= 0.3 is 12.0 Å². The van der Waals surface area contributed by atoms with Crippen LogP contribution in [0.4, 0.5) is 9.93 Å². The van der Waals surface area contributed by atoms with E-state index in [1.807, 2.05) is 12.3 Å². The highest BCUT2D eigenvalue weighted by atomic mass is 32.1. The highest BCUT2D eigenvalue weighted by molar-refractivity contribution is 7.13. The topological polar surface area (TPSA) is 91.3 Å². The monoisotopic (exact) mass is 255 g/mol. The minimum absolute atomic E-state index is 0.0660. The molecule has 2 rings (SSSR count). The van der Waals surface area contributed by atoms with Crippen molar-refractivity contribution in [2.45, 2.75) is 25.8 Å². The third-order valence-corrected chi connectivity index (χ3v) is 3.36. The average molecular weight is 255 g/mol. The number of hydrogen-bond donors (Lipinski definition) is 3. The molecule has 1 saturated carbocycles. The molecule has 2 amide bonds. The predicted molar refractivity (Wildman–Crippen MR) is 63.2 cm³/mol. The second-order valence-corrected chi connectivity index (χ2v) is 4.90. The van der Waals surface area contributed by atoms with Gasteiger partial charge in [-0.15, -0.1) is 11.3 Å². The largest absolute Gasteiger partial charge is 0.480 e. The number of urea groups is 1. The van der Waals surface area contributed by atoms with E-state index in [1.54, 1.807) is 0 Å². The van der Waals surface area contributed by atoms with Crippen LogP contribution in [0.25, 0.3) is 0 Å². The minimum Gasteiger partial charge on any atom is -0.480 e. The Labute approximate surface area is 102 Å². The fourth-order valence-electron chi connectivity index (χ4n) is 1.50. The summed E-state index contributed by atoms with van der Waals surface area (Å²) in [5, 5.41) is 16.2. The van der Waals surface area contributed by atoms with Crippen molar-refractivity contribution >= 4 is 28.5 Å². The first-order valence-electron chi connectivity index (χ1n) is 5.28. The molecule has 92 valence electrons. The van der Waals surface area contributed by atoms with E-state index in [4.69, 9.17) is 5.11 Å². The molecular weight excluding hydrogens is 242 g/mol. The van der Waals surface area contributed by atoms with E-state index >= 15 is 0 Å². The van der Waals surface area contributed by atoms with Crippen molar-refractivity contribution < 1.29 is 14.7 Å². The number of thiazole rings is 1. The van der Waals surface area contributed by atoms with Gasteiger partial charge in [-0.1, -0.05) is 0 Å². The molecule has 1 heterocycles. The van der Waals surface area contributed by atoms with Crippen LogP contribution in [0.5, 0.6) is 0 Å². The van der Waals surface area contributed by atoms with E-state index in [0.717, 1.165) is 18.5 Å². The molecule has 1 atom stereocenters. The summed E-state index contributed by atoms with van der Waals surface area (Å²) in [5.74, 6) is -0.922. The third kappa shape index (κ3) is 3.16. The quantitative estimate of drug-likeness (QED) is 0.759. The first-order chi connectivity index (χ1) is 8.06. The van der Waals surface area contributed by atoms with E-state index < -0.39 is 18.0 Å². The van der Waals surface area contributed by atoms with Crippen molar-refractivity contribution in [3.8, 4) is 0 Å². The molecular formula is C10H13N3O3S. The van der Waals surface area contributed by atoms with Gasteiger partial charge in [-0.05, 0) is 25.7 Å². The number of aryl methyl sites for hydroxylation is 1. The summed E-state index contributed by atoms with van der Waals surface area (Å²) in [5.41, 5.74) is 0.822. The van der Waals surface area contributed by atoms with Crippen LogP contribution in [-0.4, -0.2) is 28.1 Å². The van der Waals surface area contributed by atoms with Gasteiger partial charge in [0.25, 0.3) is 0 Å². The molecule has 1 aromatic heterocycles. The first kappa shape index (κ1) is 11.8. The second-order valence-electron chi connectivity index (χ2n) is 4.05. The van der Waals surface area contributed by atoms with Gasteiger partial charge in [0.1, 0.15) is 6.04 Å². The van der Waals surface area contributed by atoms with Gasteiger partial charge in [0.05, 0.1) is 5.69 Å². The number of carboxylic acid groups (broad SMARTS) is 1. The number of carbonyl (C=O) groups excluding carboxylic acids is 1. The van der Waals surface area contributed by atoms with Crippen LogP contribution in [-0.2, 0) is 4.79 Å². The van der Waals surface area contributed by atoms with Crippen molar-refractivity contribution in [2.24, 2.45) is 5.92 Å². The Balaban J connectivity index is 1.89. The Kier molecular flexibility index (Phi) is 3.28. The number of hydrogen-bond acceptors (Lipinski definition) is 4. The highest BCUT2D eigenvalue weighted by Crippen LogP contribution is 2.32. The number of carboxylic acids is 1. The molecule has 0 radical (unpaired) electrons. The van der Waals surface area contributed by atoms with Gasteiger partial charge in [0.2, 0.25) is 0 Å². The Bertz CT molecular complexity index is 442. The molecule has 3 N–H and O–H groups in total. The van der Waals surface area contributed by atoms with E-state index in [-0.39, 0.29) is 5.92 Å². The molecule has 1 fully saturated rings. The van der Waals surface area contributed by atoms with Crippen molar-refractivity contribution in [1.29, 1.82) is 0 Å². The molecule has 1 aromatic rings. The fraction of sp³-hybridized carbons (Fsp3) is 0.500. The van der Waals surface area contributed by atoms with Gasteiger partial charge in [-0.25, -0.2) is 14.6 Å². The standard InChI is InChI=1S/C10H13N3O3S/c1-5-4-17-10(11-5)13-9(16)12-7(8(14)15)6-2-3-6/h4,6-7H,2-3H2,1H3,(H,14,15)(H2,11,12,13,16). The van der Waals surface area contributed by atoms with Crippen LogP contribution < -0.4 is 10.6 Å². The molecule has 6 nitrogen and oxygen atoms in total. The zero-order valence-electron chi connectivity index (χ0n) is 9.27. The molecule has 1 unspecified atom stereocenters. The lowest BCUT2D eigenvalue weighted by molar-refractivity contribution is -0.139. The summed E-state index contributed by atoms with van der Waals surface area (Å²) in [7, 11) is 0. The summed E-state index contributed by atoms with van der Waals surface area (Å²) in [6.45, 7) is 1.82. The lowest BCUT2D eigenvalue weighted by Gasteiger charge is -2.13. The van der Waals surface area contributed by atoms with E-state index in [2.05, 4.69) is 15.6 Å². The molecule has 0 bridgehead atoms. The zero-order valence-corrected chi connectivity index (χ0v) is 10.1. The normalized spacial score (nSPS) is 16.3. The molecule has 0 aliphatic heterocycles. The van der Waals surface area contributed by atoms with Crippen LogP contribution >= 0.6 is 11.3 Å². The van der Waals surface area contributed by atoms with Crippen molar-refractivity contribution in [3.63, 3.8) is 0 Å². The smallest absolute Gasteiger partial charge is 0.326 e. The maximum Gasteiger partial charge on any atom is 0.326 e. The molecule has 0 spiro atoms. The number of anilines is 1. The molecule has 0 aromatic carbocycles. The molecule has 1 aliphatic carbocycles. The van der Waals surface area contributed by atoms with Crippen LogP contribution in [0.1, 0.15) is 18.5 Å². The fourth-order valence-corrected chi connectivity index (χ4v) is 2.18. The molecule has 0 saturated heterocycles. The molecule has 17 heavy (non-hydrogen) atoms. The van der Waals surface area contributed by atoms with Gasteiger partial charge in [0.15, 0.2) is 5.13 Å². The van der Waals surface area contributed by atoms with Crippen LogP contribution in [0.3, 0.4) is 0 Å². The first-order valence-corrected chi connectivity index (χ1v) is 6.16. The summed E-state index contributed by atoms with van der Waals surface area (Å²) in [4.78, 5) is 26.5. The average Bonchev–Trinajstić information content (AvgIpc) is 3.00. The van der Waals surface area contributed by atoms with Gasteiger partial charge in [-0.3, -0.25) is 5.32 Å². The van der Waals surface area contributed by atoms with Crippen molar-refractivity contribution in [3.05, 3.63) is 11.1 Å². The van der Waals surface area contributed by atoms with Crippen molar-refractivity contribution in [1.82, 2.24) is 10.3 Å². The van der Waals surface area contributed by atoms with Crippen LogP contribution in [0.15, 0.2) is 5.38 Å². The molecule has 7 heteroatoms. The molecule has 1 aliphatic rings. The zero-order chi connectivity index (χ0) is 12.4. The number of amides is 2. The number of rotatable bonds is 4. The minimum atomic E-state index is -0.988. The Hall–Kier alpha value is -1.63. The van der Waals surface area contributed by atoms with Crippen LogP contribution in [0.2, 0.25) is 0 Å². The van der Waals surface area contributed by atoms with E-state index in [9.17, 15) is 9.59 Å². The number of aromatic nitrogens is 1. The van der Waals surface area contributed by atoms with Crippen LogP contribution in [0, 0.1) is 12.8 Å². The number of aliphatic carboxylic acids is 1. The van der Waals surface area contributed by atoms with E-state index in [1.165, 1.54) is 11.3 Å².